The second-order valence-corrected chi connectivity index (χ2v) is 4.23. The van der Waals surface area contributed by atoms with E-state index in [-0.39, 0.29) is 11.6 Å². The van der Waals surface area contributed by atoms with Crippen LogP contribution in [0.3, 0.4) is 0 Å². The molecule has 1 rings (SSSR count). The third-order valence-corrected chi connectivity index (χ3v) is 1.64. The first kappa shape index (κ1) is 14.2. The van der Waals surface area contributed by atoms with Crippen molar-refractivity contribution in [3.8, 4) is 0 Å². The van der Waals surface area contributed by atoms with Crippen molar-refractivity contribution in [3.63, 3.8) is 0 Å². The van der Waals surface area contributed by atoms with E-state index in [0.717, 1.165) is 0 Å². The van der Waals surface area contributed by atoms with Crippen molar-refractivity contribution in [3.05, 3.63) is 29.0 Å². The average Bonchev–Trinajstić information content (AvgIpc) is 2.12. The fourth-order valence-electron chi connectivity index (χ4n) is 0.512. The van der Waals surface area contributed by atoms with E-state index in [0.29, 0.717) is 5.69 Å². The SMILES string of the molecule is CC(C)(N)CO.Nc1ccc(F)c(Cl)c1. The minimum atomic E-state index is -0.439. The lowest BCUT2D eigenvalue weighted by molar-refractivity contribution is 0.221. The van der Waals surface area contributed by atoms with E-state index in [1.807, 2.05) is 0 Å². The highest BCUT2D eigenvalue weighted by Crippen LogP contribution is 2.16. The third-order valence-electron chi connectivity index (χ3n) is 1.35. The molecule has 3 nitrogen and oxygen atoms in total. The Kier molecular flexibility index (Phi) is 5.57. The minimum absolute atomic E-state index is 0.0486. The van der Waals surface area contributed by atoms with Crippen LogP contribution in [0, 0.1) is 5.82 Å². The van der Waals surface area contributed by atoms with Gasteiger partial charge < -0.3 is 16.6 Å². The van der Waals surface area contributed by atoms with Gasteiger partial charge in [-0.25, -0.2) is 4.39 Å². The lowest BCUT2D eigenvalue weighted by atomic mass is 10.1. The van der Waals surface area contributed by atoms with Crippen LogP contribution in [0.25, 0.3) is 0 Å². The molecule has 0 aliphatic rings. The second kappa shape index (κ2) is 5.90. The highest BCUT2D eigenvalue weighted by molar-refractivity contribution is 6.31. The van der Waals surface area contributed by atoms with E-state index >= 15 is 0 Å². The summed E-state index contributed by atoms with van der Waals surface area (Å²) >= 11 is 5.36. The van der Waals surface area contributed by atoms with Crippen molar-refractivity contribution >= 4 is 17.3 Å². The molecule has 0 aliphatic heterocycles. The number of hydrogen-bond acceptors (Lipinski definition) is 3. The first-order valence-electron chi connectivity index (χ1n) is 4.36. The number of nitrogen functional groups attached to an aromatic ring is 1. The molecular weight excluding hydrogens is 219 g/mol. The largest absolute Gasteiger partial charge is 0.399 e. The molecule has 1 aromatic carbocycles. The van der Waals surface area contributed by atoms with Crippen LogP contribution in [0.2, 0.25) is 5.02 Å². The number of aliphatic hydroxyl groups is 1. The predicted molar refractivity (Wildman–Crippen MR) is 61.2 cm³/mol. The Bertz CT molecular complexity index is 313. The molecule has 0 radical (unpaired) electrons. The van der Waals surface area contributed by atoms with Gasteiger partial charge in [-0.05, 0) is 32.0 Å². The number of halogens is 2. The van der Waals surface area contributed by atoms with Crippen LogP contribution in [0.5, 0.6) is 0 Å². The predicted octanol–water partition coefficient (Wildman–Crippen LogP) is 1.78. The van der Waals surface area contributed by atoms with Gasteiger partial charge in [-0.2, -0.15) is 0 Å². The van der Waals surface area contributed by atoms with Crippen LogP contribution in [-0.2, 0) is 0 Å². The van der Waals surface area contributed by atoms with Gasteiger partial charge in [0.15, 0.2) is 0 Å². The summed E-state index contributed by atoms with van der Waals surface area (Å²) in [5.74, 6) is -0.439. The zero-order valence-electron chi connectivity index (χ0n) is 8.80. The van der Waals surface area contributed by atoms with E-state index in [1.54, 1.807) is 13.8 Å². The summed E-state index contributed by atoms with van der Waals surface area (Å²) in [6, 6.07) is 4.07. The molecular formula is C10H16ClFN2O. The van der Waals surface area contributed by atoms with Crippen LogP contribution >= 0.6 is 11.6 Å². The maximum absolute atomic E-state index is 12.3. The van der Waals surface area contributed by atoms with Crippen LogP contribution < -0.4 is 11.5 Å². The second-order valence-electron chi connectivity index (χ2n) is 3.82. The van der Waals surface area contributed by atoms with Gasteiger partial charge in [0.25, 0.3) is 0 Å². The van der Waals surface area contributed by atoms with Crippen LogP contribution in [0.15, 0.2) is 18.2 Å². The zero-order valence-corrected chi connectivity index (χ0v) is 9.55. The van der Waals surface area contributed by atoms with Crippen molar-refractivity contribution in [1.29, 1.82) is 0 Å². The summed E-state index contributed by atoms with van der Waals surface area (Å²) in [5.41, 5.74) is 10.6. The number of benzene rings is 1. The van der Waals surface area contributed by atoms with E-state index in [4.69, 9.17) is 28.2 Å². The molecule has 0 unspecified atom stereocenters. The average molecular weight is 235 g/mol. The lowest BCUT2D eigenvalue weighted by Gasteiger charge is -2.12. The number of rotatable bonds is 1. The number of nitrogens with two attached hydrogens (primary N) is 2. The van der Waals surface area contributed by atoms with Gasteiger partial charge in [0.05, 0.1) is 11.6 Å². The molecule has 0 aromatic heterocycles. The van der Waals surface area contributed by atoms with Gasteiger partial charge in [0.2, 0.25) is 0 Å². The van der Waals surface area contributed by atoms with E-state index in [2.05, 4.69) is 0 Å². The summed E-state index contributed by atoms with van der Waals surface area (Å²) in [6.07, 6.45) is 0. The summed E-state index contributed by atoms with van der Waals surface area (Å²) in [7, 11) is 0. The van der Waals surface area contributed by atoms with Crippen LogP contribution in [0.4, 0.5) is 10.1 Å². The number of aliphatic hydroxyl groups excluding tert-OH is 1. The van der Waals surface area contributed by atoms with E-state index in [9.17, 15) is 4.39 Å². The van der Waals surface area contributed by atoms with E-state index < -0.39 is 11.4 Å². The fraction of sp³-hybridized carbons (Fsp3) is 0.400. The van der Waals surface area contributed by atoms with Crippen LogP contribution in [0.1, 0.15) is 13.8 Å². The van der Waals surface area contributed by atoms with Gasteiger partial charge >= 0.3 is 0 Å². The smallest absolute Gasteiger partial charge is 0.141 e. The van der Waals surface area contributed by atoms with Gasteiger partial charge in [-0.3, -0.25) is 0 Å². The highest BCUT2D eigenvalue weighted by Gasteiger charge is 2.05. The van der Waals surface area contributed by atoms with Crippen LogP contribution in [-0.4, -0.2) is 17.3 Å². The van der Waals surface area contributed by atoms with Crippen molar-refractivity contribution < 1.29 is 9.50 Å². The molecule has 86 valence electrons. The standard InChI is InChI=1S/C6H5ClFN.C4H11NO/c7-5-3-4(9)1-2-6(5)8;1-4(2,5)3-6/h1-3H,9H2;6H,3,5H2,1-2H3. The summed E-state index contributed by atoms with van der Waals surface area (Å²) < 4.78 is 12.3. The number of hydrogen-bond donors (Lipinski definition) is 3. The molecule has 0 saturated heterocycles. The van der Waals surface area contributed by atoms with Crippen molar-refractivity contribution in [2.45, 2.75) is 19.4 Å². The molecule has 5 N–H and O–H groups in total. The van der Waals surface area contributed by atoms with Crippen molar-refractivity contribution in [1.82, 2.24) is 0 Å². The number of anilines is 1. The Morgan fingerprint density at radius 1 is 1.47 bits per heavy atom. The Morgan fingerprint density at radius 2 is 1.93 bits per heavy atom. The summed E-state index contributed by atoms with van der Waals surface area (Å²) in [4.78, 5) is 0. The Balaban J connectivity index is 0.000000288. The molecule has 0 fully saturated rings. The Morgan fingerprint density at radius 3 is 2.20 bits per heavy atom. The summed E-state index contributed by atoms with van der Waals surface area (Å²) in [5, 5.41) is 8.34. The zero-order chi connectivity index (χ0) is 12.1. The summed E-state index contributed by atoms with van der Waals surface area (Å²) in [6.45, 7) is 3.59. The lowest BCUT2D eigenvalue weighted by Crippen LogP contribution is -2.35. The van der Waals surface area contributed by atoms with E-state index in [1.165, 1.54) is 18.2 Å². The monoisotopic (exact) mass is 234 g/mol. The Labute approximate surface area is 93.8 Å². The third kappa shape index (κ3) is 7.13. The minimum Gasteiger partial charge on any atom is -0.399 e. The maximum Gasteiger partial charge on any atom is 0.141 e. The van der Waals surface area contributed by atoms with Gasteiger partial charge in [0.1, 0.15) is 5.82 Å². The molecule has 1 aromatic rings. The molecule has 0 aliphatic carbocycles. The van der Waals surface area contributed by atoms with Gasteiger partial charge in [-0.1, -0.05) is 11.6 Å². The molecule has 0 bridgehead atoms. The van der Waals surface area contributed by atoms with Gasteiger partial charge in [0, 0.05) is 11.2 Å². The molecule has 0 heterocycles. The van der Waals surface area contributed by atoms with Gasteiger partial charge in [-0.15, -0.1) is 0 Å². The molecule has 5 heteroatoms. The molecule has 0 spiro atoms. The molecule has 15 heavy (non-hydrogen) atoms. The highest BCUT2D eigenvalue weighted by atomic mass is 35.5. The Hall–Kier alpha value is -0.840. The molecule has 0 amide bonds. The maximum atomic E-state index is 12.3. The normalized spacial score (nSPS) is 10.5. The molecule has 0 atom stereocenters. The fourth-order valence-corrected chi connectivity index (χ4v) is 0.701. The van der Waals surface area contributed by atoms with Crippen molar-refractivity contribution in [2.75, 3.05) is 12.3 Å². The topological polar surface area (TPSA) is 72.3 Å². The first-order valence-corrected chi connectivity index (χ1v) is 4.74. The quantitative estimate of drug-likeness (QED) is 0.649. The van der Waals surface area contributed by atoms with Crippen molar-refractivity contribution in [2.24, 2.45) is 5.73 Å². The first-order chi connectivity index (χ1) is 6.76. The molecule has 0 saturated carbocycles.